The summed E-state index contributed by atoms with van der Waals surface area (Å²) in [5, 5.41) is 4.15. The Morgan fingerprint density at radius 1 is 1.35 bits per heavy atom. The van der Waals surface area contributed by atoms with Gasteiger partial charge in [0, 0.05) is 17.3 Å². The van der Waals surface area contributed by atoms with Crippen molar-refractivity contribution in [2.75, 3.05) is 5.33 Å². The maximum atomic E-state index is 12.0. The van der Waals surface area contributed by atoms with Crippen LogP contribution in [-0.2, 0) is 4.79 Å². The van der Waals surface area contributed by atoms with Crippen LogP contribution in [0.1, 0.15) is 59.8 Å². The van der Waals surface area contributed by atoms with E-state index in [4.69, 9.17) is 0 Å². The van der Waals surface area contributed by atoms with Crippen molar-refractivity contribution in [2.45, 2.75) is 65.3 Å². The van der Waals surface area contributed by atoms with Crippen molar-refractivity contribution in [2.24, 2.45) is 11.3 Å². The maximum Gasteiger partial charge on any atom is 0.220 e. The molecule has 0 spiro atoms. The number of amides is 1. The van der Waals surface area contributed by atoms with E-state index in [1.54, 1.807) is 0 Å². The van der Waals surface area contributed by atoms with Gasteiger partial charge in [0.25, 0.3) is 0 Å². The third-order valence-corrected chi connectivity index (χ3v) is 4.66. The Morgan fingerprint density at radius 2 is 1.88 bits per heavy atom. The van der Waals surface area contributed by atoms with E-state index in [9.17, 15) is 4.79 Å². The molecule has 0 atom stereocenters. The lowest BCUT2D eigenvalue weighted by Crippen LogP contribution is -2.52. The minimum atomic E-state index is 0.00877. The summed E-state index contributed by atoms with van der Waals surface area (Å²) in [7, 11) is 0. The zero-order valence-electron chi connectivity index (χ0n) is 11.6. The monoisotopic (exact) mass is 303 g/mol. The highest BCUT2D eigenvalue weighted by molar-refractivity contribution is 9.09. The molecule has 0 saturated heterocycles. The quantitative estimate of drug-likeness (QED) is 0.788. The first-order chi connectivity index (χ1) is 7.76. The fraction of sp³-hybridized carbons (Fsp3) is 0.929. The molecule has 3 heteroatoms. The number of hydrogen-bond acceptors (Lipinski definition) is 1. The number of nitrogens with one attached hydrogen (secondary N) is 1. The van der Waals surface area contributed by atoms with E-state index in [-0.39, 0.29) is 16.9 Å². The van der Waals surface area contributed by atoms with E-state index >= 15 is 0 Å². The minimum absolute atomic E-state index is 0.00877. The van der Waals surface area contributed by atoms with E-state index in [0.29, 0.717) is 6.42 Å². The molecule has 17 heavy (non-hydrogen) atoms. The molecule has 0 aliphatic heterocycles. The van der Waals surface area contributed by atoms with Crippen molar-refractivity contribution >= 4 is 21.8 Å². The molecule has 0 bridgehead atoms. The average Bonchev–Trinajstić information content (AvgIpc) is 2.19. The Kier molecular flexibility index (Phi) is 5.06. The number of hydrogen-bond donors (Lipinski definition) is 1. The van der Waals surface area contributed by atoms with Crippen molar-refractivity contribution in [1.29, 1.82) is 0 Å². The molecule has 0 radical (unpaired) electrons. The Labute approximate surface area is 114 Å². The molecule has 0 aromatic rings. The molecule has 100 valence electrons. The SMILES string of the molecule is CC1CCC(CBr)(NC(=O)CC(C)(C)C)CC1. The first-order valence-electron chi connectivity index (χ1n) is 6.63. The van der Waals surface area contributed by atoms with Crippen LogP contribution in [0.5, 0.6) is 0 Å². The summed E-state index contributed by atoms with van der Waals surface area (Å²) in [4.78, 5) is 12.0. The summed E-state index contributed by atoms with van der Waals surface area (Å²) < 4.78 is 0. The Morgan fingerprint density at radius 3 is 2.29 bits per heavy atom. The number of rotatable bonds is 3. The number of halogens is 1. The van der Waals surface area contributed by atoms with E-state index in [1.807, 2.05) is 0 Å². The molecule has 0 aromatic carbocycles. The van der Waals surface area contributed by atoms with Crippen LogP contribution in [-0.4, -0.2) is 16.8 Å². The molecule has 1 amide bonds. The molecule has 1 aliphatic rings. The molecule has 0 heterocycles. The van der Waals surface area contributed by atoms with Crippen LogP contribution in [0.15, 0.2) is 0 Å². The van der Waals surface area contributed by atoms with Crippen LogP contribution in [0.2, 0.25) is 0 Å². The molecular weight excluding hydrogens is 278 g/mol. The second-order valence-electron chi connectivity index (χ2n) is 6.88. The lowest BCUT2D eigenvalue weighted by Gasteiger charge is -2.39. The minimum Gasteiger partial charge on any atom is -0.350 e. The highest BCUT2D eigenvalue weighted by Crippen LogP contribution is 2.33. The van der Waals surface area contributed by atoms with E-state index < -0.39 is 0 Å². The van der Waals surface area contributed by atoms with Gasteiger partial charge in [-0.2, -0.15) is 0 Å². The van der Waals surface area contributed by atoms with Crippen LogP contribution < -0.4 is 5.32 Å². The summed E-state index contributed by atoms with van der Waals surface area (Å²) in [5.41, 5.74) is 0.0778. The zero-order chi connectivity index (χ0) is 13.1. The van der Waals surface area contributed by atoms with Gasteiger partial charge in [0.05, 0.1) is 0 Å². The highest BCUT2D eigenvalue weighted by Gasteiger charge is 2.35. The molecule has 0 unspecified atom stereocenters. The van der Waals surface area contributed by atoms with Gasteiger partial charge in [-0.15, -0.1) is 0 Å². The predicted molar refractivity (Wildman–Crippen MR) is 76.4 cm³/mol. The van der Waals surface area contributed by atoms with Crippen LogP contribution >= 0.6 is 15.9 Å². The zero-order valence-corrected chi connectivity index (χ0v) is 13.2. The first-order valence-corrected chi connectivity index (χ1v) is 7.75. The fourth-order valence-corrected chi connectivity index (χ4v) is 3.13. The smallest absolute Gasteiger partial charge is 0.220 e. The fourth-order valence-electron chi connectivity index (χ4n) is 2.43. The standard InChI is InChI=1S/C14H26BrNO/c1-11-5-7-14(10-15,8-6-11)16-12(17)9-13(2,3)4/h11H,5-10H2,1-4H3,(H,16,17). The van der Waals surface area contributed by atoms with Gasteiger partial charge in [-0.3, -0.25) is 4.79 Å². The Bertz CT molecular complexity index is 262. The molecule has 1 aliphatic carbocycles. The summed E-state index contributed by atoms with van der Waals surface area (Å²) >= 11 is 3.58. The lowest BCUT2D eigenvalue weighted by atomic mass is 9.78. The molecule has 2 nitrogen and oxygen atoms in total. The van der Waals surface area contributed by atoms with Crippen molar-refractivity contribution in [3.63, 3.8) is 0 Å². The van der Waals surface area contributed by atoms with Gasteiger partial charge in [-0.05, 0) is 37.0 Å². The van der Waals surface area contributed by atoms with Gasteiger partial charge in [0.1, 0.15) is 0 Å². The van der Waals surface area contributed by atoms with Crippen LogP contribution in [0.25, 0.3) is 0 Å². The van der Waals surface area contributed by atoms with Gasteiger partial charge in [-0.25, -0.2) is 0 Å². The van der Waals surface area contributed by atoms with Gasteiger partial charge in [-0.1, -0.05) is 43.6 Å². The van der Waals surface area contributed by atoms with Gasteiger partial charge < -0.3 is 5.32 Å². The molecule has 1 rings (SSSR count). The summed E-state index contributed by atoms with van der Waals surface area (Å²) in [6, 6.07) is 0. The van der Waals surface area contributed by atoms with E-state index in [1.165, 1.54) is 12.8 Å². The van der Waals surface area contributed by atoms with E-state index in [2.05, 4.69) is 48.9 Å². The third-order valence-electron chi connectivity index (χ3n) is 3.58. The van der Waals surface area contributed by atoms with E-state index in [0.717, 1.165) is 24.1 Å². The average molecular weight is 304 g/mol. The first kappa shape index (κ1) is 15.0. The van der Waals surface area contributed by atoms with Gasteiger partial charge in [0.15, 0.2) is 0 Å². The van der Waals surface area contributed by atoms with Crippen molar-refractivity contribution < 1.29 is 4.79 Å². The lowest BCUT2D eigenvalue weighted by molar-refractivity contribution is -0.125. The maximum absolute atomic E-state index is 12.0. The third kappa shape index (κ3) is 4.99. The number of carbonyl (C=O) groups excluding carboxylic acids is 1. The van der Waals surface area contributed by atoms with Gasteiger partial charge >= 0.3 is 0 Å². The summed E-state index contributed by atoms with van der Waals surface area (Å²) in [6.45, 7) is 8.62. The van der Waals surface area contributed by atoms with Gasteiger partial charge in [0.2, 0.25) is 5.91 Å². The summed E-state index contributed by atoms with van der Waals surface area (Å²) in [6.07, 6.45) is 5.27. The van der Waals surface area contributed by atoms with Crippen molar-refractivity contribution in [3.05, 3.63) is 0 Å². The number of carbonyl (C=O) groups is 1. The number of alkyl halides is 1. The van der Waals surface area contributed by atoms with Crippen LogP contribution in [0.4, 0.5) is 0 Å². The predicted octanol–water partition coefficient (Wildman–Crippen LogP) is 3.88. The van der Waals surface area contributed by atoms with Crippen LogP contribution in [0, 0.1) is 11.3 Å². The van der Waals surface area contributed by atoms with Crippen LogP contribution in [0.3, 0.4) is 0 Å². The highest BCUT2D eigenvalue weighted by atomic mass is 79.9. The molecule has 0 aromatic heterocycles. The molecule has 1 saturated carbocycles. The van der Waals surface area contributed by atoms with Crippen molar-refractivity contribution in [3.8, 4) is 0 Å². The Balaban J connectivity index is 2.54. The topological polar surface area (TPSA) is 29.1 Å². The molecule has 1 N–H and O–H groups in total. The molecular formula is C14H26BrNO. The molecule has 1 fully saturated rings. The summed E-state index contributed by atoms with van der Waals surface area (Å²) in [5.74, 6) is 1.01. The van der Waals surface area contributed by atoms with Crippen molar-refractivity contribution in [1.82, 2.24) is 5.32 Å². The largest absolute Gasteiger partial charge is 0.350 e. The Hall–Kier alpha value is -0.0500. The second-order valence-corrected chi connectivity index (χ2v) is 7.44. The second kappa shape index (κ2) is 5.73. The normalized spacial score (nSPS) is 30.1.